The van der Waals surface area contributed by atoms with Crippen LogP contribution in [0.1, 0.15) is 15.9 Å². The summed E-state index contributed by atoms with van der Waals surface area (Å²) in [7, 11) is 1.36. The molecular weight excluding hydrogens is 314 g/mol. The second kappa shape index (κ2) is 6.62. The van der Waals surface area contributed by atoms with E-state index in [1.807, 2.05) is 42.6 Å². The Morgan fingerprint density at radius 3 is 2.70 bits per heavy atom. The number of carbonyl (C=O) groups excluding carboxylic acids is 1. The highest BCUT2D eigenvalue weighted by Gasteiger charge is 2.08. The highest BCUT2D eigenvalue weighted by molar-refractivity contribution is 6.30. The molecule has 2 aromatic carbocycles. The summed E-state index contributed by atoms with van der Waals surface area (Å²) in [6.45, 7) is 0.591. The molecule has 0 saturated carbocycles. The van der Waals surface area contributed by atoms with Crippen LogP contribution in [0.3, 0.4) is 0 Å². The Morgan fingerprint density at radius 2 is 2.00 bits per heavy atom. The molecule has 0 spiro atoms. The lowest BCUT2D eigenvalue weighted by Crippen LogP contribution is -2.00. The smallest absolute Gasteiger partial charge is 0.337 e. The molecule has 3 aromatic rings. The molecular formula is C17H14ClN3O2. The number of rotatable bonds is 4. The van der Waals surface area contributed by atoms with E-state index in [1.165, 1.54) is 7.11 Å². The molecule has 0 aliphatic rings. The zero-order chi connectivity index (χ0) is 16.2. The van der Waals surface area contributed by atoms with Gasteiger partial charge in [0, 0.05) is 10.6 Å². The van der Waals surface area contributed by atoms with Crippen molar-refractivity contribution in [3.63, 3.8) is 0 Å². The number of esters is 1. The SMILES string of the molecule is COC(=O)c1ccc(-c2cn(Cc3cccc(Cl)c3)nn2)cc1. The molecule has 23 heavy (non-hydrogen) atoms. The van der Waals surface area contributed by atoms with Crippen molar-refractivity contribution in [2.24, 2.45) is 0 Å². The van der Waals surface area contributed by atoms with Crippen molar-refractivity contribution in [2.45, 2.75) is 6.54 Å². The lowest BCUT2D eigenvalue weighted by molar-refractivity contribution is 0.0601. The first-order valence-corrected chi connectivity index (χ1v) is 7.37. The summed E-state index contributed by atoms with van der Waals surface area (Å²) in [5.41, 5.74) is 3.18. The summed E-state index contributed by atoms with van der Waals surface area (Å²) in [5.74, 6) is -0.360. The number of halogens is 1. The maximum atomic E-state index is 11.4. The zero-order valence-electron chi connectivity index (χ0n) is 12.4. The van der Waals surface area contributed by atoms with Crippen LogP contribution in [-0.4, -0.2) is 28.1 Å². The number of hydrogen-bond donors (Lipinski definition) is 0. The van der Waals surface area contributed by atoms with Crippen molar-refractivity contribution in [3.05, 3.63) is 70.9 Å². The van der Waals surface area contributed by atoms with Crippen LogP contribution in [0.15, 0.2) is 54.7 Å². The molecule has 116 valence electrons. The third-order valence-corrected chi connectivity index (χ3v) is 3.61. The van der Waals surface area contributed by atoms with Crippen LogP contribution >= 0.6 is 11.6 Å². The first-order chi connectivity index (χ1) is 11.2. The van der Waals surface area contributed by atoms with Gasteiger partial charge in [0.05, 0.1) is 25.4 Å². The molecule has 0 amide bonds. The Kier molecular flexibility index (Phi) is 4.39. The van der Waals surface area contributed by atoms with E-state index in [1.54, 1.807) is 16.8 Å². The van der Waals surface area contributed by atoms with Gasteiger partial charge in [0.1, 0.15) is 5.69 Å². The fraction of sp³-hybridized carbons (Fsp3) is 0.118. The van der Waals surface area contributed by atoms with Crippen LogP contribution in [0.5, 0.6) is 0 Å². The Hall–Kier alpha value is -2.66. The molecule has 0 aliphatic heterocycles. The van der Waals surface area contributed by atoms with E-state index < -0.39 is 0 Å². The van der Waals surface area contributed by atoms with Crippen molar-refractivity contribution in [1.29, 1.82) is 0 Å². The van der Waals surface area contributed by atoms with Crippen LogP contribution in [0.2, 0.25) is 5.02 Å². The van der Waals surface area contributed by atoms with Crippen LogP contribution in [0.25, 0.3) is 11.3 Å². The van der Waals surface area contributed by atoms with Gasteiger partial charge in [0.15, 0.2) is 0 Å². The molecule has 0 radical (unpaired) electrons. The highest BCUT2D eigenvalue weighted by Crippen LogP contribution is 2.18. The molecule has 1 aromatic heterocycles. The first kappa shape index (κ1) is 15.2. The maximum absolute atomic E-state index is 11.4. The topological polar surface area (TPSA) is 57.0 Å². The molecule has 0 atom stereocenters. The first-order valence-electron chi connectivity index (χ1n) is 6.99. The van der Waals surface area contributed by atoms with Crippen molar-refractivity contribution >= 4 is 17.6 Å². The third-order valence-electron chi connectivity index (χ3n) is 3.37. The van der Waals surface area contributed by atoms with Crippen LogP contribution in [0.4, 0.5) is 0 Å². The van der Waals surface area contributed by atoms with Gasteiger partial charge in [-0.25, -0.2) is 9.48 Å². The van der Waals surface area contributed by atoms with Gasteiger partial charge in [0.25, 0.3) is 0 Å². The fourth-order valence-corrected chi connectivity index (χ4v) is 2.44. The summed E-state index contributed by atoms with van der Waals surface area (Å²) in [6, 6.07) is 14.7. The lowest BCUT2D eigenvalue weighted by atomic mass is 10.1. The van der Waals surface area contributed by atoms with Crippen molar-refractivity contribution in [1.82, 2.24) is 15.0 Å². The minimum atomic E-state index is -0.360. The maximum Gasteiger partial charge on any atom is 0.337 e. The standard InChI is InChI=1S/C17H14ClN3O2/c1-23-17(22)14-7-5-13(6-8-14)16-11-21(20-19-16)10-12-3-2-4-15(18)9-12/h2-9,11H,10H2,1H3. The molecule has 3 rings (SSSR count). The average molecular weight is 328 g/mol. The second-order valence-corrected chi connectivity index (χ2v) is 5.44. The van der Waals surface area contributed by atoms with Crippen molar-refractivity contribution in [3.8, 4) is 11.3 Å². The Balaban J connectivity index is 1.77. The van der Waals surface area contributed by atoms with E-state index >= 15 is 0 Å². The monoisotopic (exact) mass is 327 g/mol. The summed E-state index contributed by atoms with van der Waals surface area (Å²) in [6.07, 6.45) is 1.86. The molecule has 0 saturated heterocycles. The second-order valence-electron chi connectivity index (χ2n) is 5.00. The van der Waals surface area contributed by atoms with Gasteiger partial charge in [-0.05, 0) is 29.8 Å². The number of ether oxygens (including phenoxy) is 1. The summed E-state index contributed by atoms with van der Waals surface area (Å²) < 4.78 is 6.43. The van der Waals surface area contributed by atoms with Crippen molar-refractivity contribution < 1.29 is 9.53 Å². The molecule has 0 aliphatic carbocycles. The predicted molar refractivity (Wildman–Crippen MR) is 87.4 cm³/mol. The van der Waals surface area contributed by atoms with Gasteiger partial charge in [0.2, 0.25) is 0 Å². The van der Waals surface area contributed by atoms with Gasteiger partial charge in [-0.1, -0.05) is 41.1 Å². The lowest BCUT2D eigenvalue weighted by Gasteiger charge is -2.01. The van der Waals surface area contributed by atoms with Crippen LogP contribution < -0.4 is 0 Å². The number of carbonyl (C=O) groups is 1. The van der Waals surface area contributed by atoms with E-state index in [9.17, 15) is 4.79 Å². The van der Waals surface area contributed by atoms with E-state index in [-0.39, 0.29) is 5.97 Å². The van der Waals surface area contributed by atoms with Gasteiger partial charge in [-0.15, -0.1) is 5.10 Å². The van der Waals surface area contributed by atoms with E-state index in [0.29, 0.717) is 17.1 Å². The molecule has 0 fully saturated rings. The number of hydrogen-bond acceptors (Lipinski definition) is 4. The summed E-state index contributed by atoms with van der Waals surface area (Å²) >= 11 is 5.98. The molecule has 0 N–H and O–H groups in total. The molecule has 0 unspecified atom stereocenters. The number of methoxy groups -OCH3 is 1. The van der Waals surface area contributed by atoms with E-state index in [0.717, 1.165) is 16.8 Å². The van der Waals surface area contributed by atoms with Crippen molar-refractivity contribution in [2.75, 3.05) is 7.11 Å². The number of benzene rings is 2. The van der Waals surface area contributed by atoms with Gasteiger partial charge >= 0.3 is 5.97 Å². The van der Waals surface area contributed by atoms with Gasteiger partial charge in [-0.2, -0.15) is 0 Å². The zero-order valence-corrected chi connectivity index (χ0v) is 13.2. The normalized spacial score (nSPS) is 10.5. The fourth-order valence-electron chi connectivity index (χ4n) is 2.23. The van der Waals surface area contributed by atoms with Gasteiger partial charge < -0.3 is 4.74 Å². The van der Waals surface area contributed by atoms with Gasteiger partial charge in [-0.3, -0.25) is 0 Å². The Bertz CT molecular complexity index is 828. The van der Waals surface area contributed by atoms with E-state index in [2.05, 4.69) is 15.0 Å². The molecule has 1 heterocycles. The molecule has 0 bridgehead atoms. The molecule has 5 nitrogen and oxygen atoms in total. The summed E-state index contributed by atoms with van der Waals surface area (Å²) in [5, 5.41) is 8.98. The average Bonchev–Trinajstić information content (AvgIpc) is 3.03. The third kappa shape index (κ3) is 3.57. The number of nitrogens with zero attached hydrogens (tertiary/aromatic N) is 3. The Labute approximate surface area is 138 Å². The van der Waals surface area contributed by atoms with Crippen LogP contribution in [-0.2, 0) is 11.3 Å². The summed E-state index contributed by atoms with van der Waals surface area (Å²) in [4.78, 5) is 11.4. The minimum Gasteiger partial charge on any atom is -0.465 e. The largest absolute Gasteiger partial charge is 0.465 e. The number of aromatic nitrogens is 3. The molecule has 6 heteroatoms. The Morgan fingerprint density at radius 1 is 1.22 bits per heavy atom. The van der Waals surface area contributed by atoms with E-state index in [4.69, 9.17) is 11.6 Å². The van der Waals surface area contributed by atoms with Crippen LogP contribution in [0, 0.1) is 0 Å². The minimum absolute atomic E-state index is 0.360. The highest BCUT2D eigenvalue weighted by atomic mass is 35.5. The predicted octanol–water partition coefficient (Wildman–Crippen LogP) is 3.43. The quantitative estimate of drug-likeness (QED) is 0.689.